The highest BCUT2D eigenvalue weighted by molar-refractivity contribution is 5.93. The fourth-order valence-corrected chi connectivity index (χ4v) is 1.15. The summed E-state index contributed by atoms with van der Waals surface area (Å²) in [6, 6.07) is 0. The lowest BCUT2D eigenvalue weighted by atomic mass is 10.2. The van der Waals surface area contributed by atoms with Gasteiger partial charge < -0.3 is 10.2 Å². The van der Waals surface area contributed by atoms with Crippen molar-refractivity contribution in [2.45, 2.75) is 13.8 Å². The van der Waals surface area contributed by atoms with Gasteiger partial charge in [0.05, 0.1) is 6.54 Å². The third-order valence-corrected chi connectivity index (χ3v) is 2.05. The molecule has 17 heavy (non-hydrogen) atoms. The van der Waals surface area contributed by atoms with E-state index in [4.69, 9.17) is 0 Å². The van der Waals surface area contributed by atoms with Crippen LogP contribution in [0.1, 0.15) is 24.5 Å². The lowest BCUT2D eigenvalue weighted by molar-refractivity contribution is -0.121. The first kappa shape index (κ1) is 13.1. The minimum atomic E-state index is -0.359. The molecule has 2 N–H and O–H groups in total. The Morgan fingerprint density at radius 3 is 2.76 bits per heavy atom. The van der Waals surface area contributed by atoms with Crippen molar-refractivity contribution >= 4 is 11.8 Å². The molecule has 0 aromatic carbocycles. The van der Waals surface area contributed by atoms with E-state index in [1.807, 2.05) is 13.8 Å². The highest BCUT2D eigenvalue weighted by Crippen LogP contribution is 1.94. The molecule has 1 aromatic heterocycles. The summed E-state index contributed by atoms with van der Waals surface area (Å²) in [6.07, 6.45) is 1.25. The van der Waals surface area contributed by atoms with Crippen molar-refractivity contribution in [2.24, 2.45) is 5.92 Å². The minimum Gasteiger partial charge on any atom is -0.354 e. The van der Waals surface area contributed by atoms with Gasteiger partial charge in [0.1, 0.15) is 6.33 Å². The number of nitrogens with zero attached hydrogens (tertiary/aromatic N) is 3. The van der Waals surface area contributed by atoms with Crippen LogP contribution in [-0.4, -0.2) is 52.0 Å². The number of likely N-dealkylation sites (N-methyl/N-ethyl adjacent to an activating group) is 1. The molecule has 0 spiro atoms. The fourth-order valence-electron chi connectivity index (χ4n) is 1.15. The molecular weight excluding hydrogens is 222 g/mol. The van der Waals surface area contributed by atoms with E-state index >= 15 is 0 Å². The van der Waals surface area contributed by atoms with Gasteiger partial charge in [0, 0.05) is 13.6 Å². The fraction of sp³-hybridized carbons (Fsp3) is 0.600. The van der Waals surface area contributed by atoms with E-state index < -0.39 is 0 Å². The number of rotatable bonds is 5. The van der Waals surface area contributed by atoms with Crippen LogP contribution in [0.2, 0.25) is 0 Å². The molecule has 0 aliphatic heterocycles. The minimum absolute atomic E-state index is 0.00620. The van der Waals surface area contributed by atoms with Crippen LogP contribution in [0.4, 0.5) is 0 Å². The Balaban J connectivity index is 2.41. The molecule has 0 bridgehead atoms. The predicted molar refractivity (Wildman–Crippen MR) is 61.2 cm³/mol. The molecule has 0 aliphatic carbocycles. The molecule has 1 heterocycles. The smallest absolute Gasteiger partial charge is 0.291 e. The first-order valence-electron chi connectivity index (χ1n) is 5.38. The van der Waals surface area contributed by atoms with Crippen LogP contribution in [0.3, 0.4) is 0 Å². The topological polar surface area (TPSA) is 91.0 Å². The van der Waals surface area contributed by atoms with Crippen molar-refractivity contribution in [1.82, 2.24) is 25.4 Å². The van der Waals surface area contributed by atoms with Gasteiger partial charge in [-0.25, -0.2) is 4.98 Å². The number of nitrogens with one attached hydrogen (secondary N) is 2. The average molecular weight is 239 g/mol. The van der Waals surface area contributed by atoms with E-state index in [9.17, 15) is 9.59 Å². The van der Waals surface area contributed by atoms with E-state index in [0.29, 0.717) is 12.5 Å². The third-order valence-electron chi connectivity index (χ3n) is 2.05. The second kappa shape index (κ2) is 5.97. The van der Waals surface area contributed by atoms with Gasteiger partial charge in [-0.05, 0) is 5.92 Å². The maximum atomic E-state index is 11.7. The summed E-state index contributed by atoms with van der Waals surface area (Å²) in [5.74, 6) is -0.0327. The average Bonchev–Trinajstić information content (AvgIpc) is 2.78. The molecule has 2 amide bonds. The molecule has 0 saturated heterocycles. The molecule has 1 aromatic rings. The summed E-state index contributed by atoms with van der Waals surface area (Å²) < 4.78 is 0. The van der Waals surface area contributed by atoms with Gasteiger partial charge in [0.2, 0.25) is 11.7 Å². The van der Waals surface area contributed by atoms with E-state index in [-0.39, 0.29) is 24.2 Å². The van der Waals surface area contributed by atoms with Crippen LogP contribution >= 0.6 is 0 Å². The van der Waals surface area contributed by atoms with Crippen LogP contribution in [0.25, 0.3) is 0 Å². The van der Waals surface area contributed by atoms with Crippen LogP contribution in [0.15, 0.2) is 6.33 Å². The van der Waals surface area contributed by atoms with Crippen LogP contribution < -0.4 is 5.32 Å². The molecule has 1 rings (SSSR count). The molecule has 0 unspecified atom stereocenters. The highest BCUT2D eigenvalue weighted by Gasteiger charge is 2.16. The summed E-state index contributed by atoms with van der Waals surface area (Å²) in [7, 11) is 1.54. The van der Waals surface area contributed by atoms with Crippen molar-refractivity contribution < 1.29 is 9.59 Å². The quantitative estimate of drug-likeness (QED) is 0.734. The summed E-state index contributed by atoms with van der Waals surface area (Å²) in [5.41, 5.74) is 0. The van der Waals surface area contributed by atoms with Gasteiger partial charge in [-0.15, -0.1) is 0 Å². The van der Waals surface area contributed by atoms with Crippen LogP contribution in [0.5, 0.6) is 0 Å². The van der Waals surface area contributed by atoms with E-state index in [2.05, 4.69) is 20.5 Å². The molecule has 7 nitrogen and oxygen atoms in total. The Labute approximate surface area is 99.6 Å². The number of hydrogen-bond acceptors (Lipinski definition) is 4. The number of carbonyl (C=O) groups is 2. The van der Waals surface area contributed by atoms with Crippen LogP contribution in [0, 0.1) is 5.92 Å². The Bertz CT molecular complexity index is 374. The highest BCUT2D eigenvalue weighted by atomic mass is 16.2. The zero-order valence-electron chi connectivity index (χ0n) is 10.2. The van der Waals surface area contributed by atoms with Crippen molar-refractivity contribution in [3.05, 3.63) is 12.2 Å². The maximum Gasteiger partial charge on any atom is 0.291 e. The maximum absolute atomic E-state index is 11.7. The summed E-state index contributed by atoms with van der Waals surface area (Å²) in [5, 5.41) is 8.77. The molecular formula is C10H17N5O2. The Hall–Kier alpha value is -1.92. The second-order valence-corrected chi connectivity index (χ2v) is 4.19. The zero-order chi connectivity index (χ0) is 12.8. The third kappa shape index (κ3) is 4.21. The van der Waals surface area contributed by atoms with Gasteiger partial charge >= 0.3 is 0 Å². The van der Waals surface area contributed by atoms with Crippen molar-refractivity contribution in [1.29, 1.82) is 0 Å². The van der Waals surface area contributed by atoms with Crippen molar-refractivity contribution in [3.63, 3.8) is 0 Å². The molecule has 94 valence electrons. The molecule has 0 fully saturated rings. The summed E-state index contributed by atoms with van der Waals surface area (Å²) >= 11 is 0. The first-order chi connectivity index (χ1) is 8.00. The lowest BCUT2D eigenvalue weighted by Crippen LogP contribution is -2.39. The molecule has 7 heteroatoms. The monoisotopic (exact) mass is 239 g/mol. The predicted octanol–water partition coefficient (Wildman–Crippen LogP) is -0.351. The van der Waals surface area contributed by atoms with Gasteiger partial charge in [-0.2, -0.15) is 5.10 Å². The lowest BCUT2D eigenvalue weighted by Gasteiger charge is -2.15. The Morgan fingerprint density at radius 2 is 2.24 bits per heavy atom. The van der Waals surface area contributed by atoms with Gasteiger partial charge in [-0.3, -0.25) is 14.7 Å². The number of H-pyrrole nitrogens is 1. The largest absolute Gasteiger partial charge is 0.354 e. The second-order valence-electron chi connectivity index (χ2n) is 4.19. The number of amides is 2. The summed E-state index contributed by atoms with van der Waals surface area (Å²) in [6.45, 7) is 4.61. The SMILES string of the molecule is CC(C)CNC(=O)CN(C)C(=O)c1ncn[nH]1. The van der Waals surface area contributed by atoms with Gasteiger partial charge in [0.15, 0.2) is 0 Å². The van der Waals surface area contributed by atoms with Gasteiger partial charge in [0.25, 0.3) is 5.91 Å². The summed E-state index contributed by atoms with van der Waals surface area (Å²) in [4.78, 5) is 28.2. The van der Waals surface area contributed by atoms with Gasteiger partial charge in [-0.1, -0.05) is 13.8 Å². The Kier molecular flexibility index (Phi) is 4.62. The normalized spacial score (nSPS) is 10.4. The van der Waals surface area contributed by atoms with Crippen LogP contribution in [-0.2, 0) is 4.79 Å². The number of hydrogen-bond donors (Lipinski definition) is 2. The van der Waals surface area contributed by atoms with Crippen molar-refractivity contribution in [2.75, 3.05) is 20.1 Å². The zero-order valence-corrected chi connectivity index (χ0v) is 10.2. The van der Waals surface area contributed by atoms with E-state index in [1.165, 1.54) is 11.2 Å². The molecule has 0 radical (unpaired) electrons. The van der Waals surface area contributed by atoms with E-state index in [0.717, 1.165) is 0 Å². The number of aromatic nitrogens is 3. The molecule has 0 aliphatic rings. The number of carbonyl (C=O) groups excluding carboxylic acids is 2. The van der Waals surface area contributed by atoms with Crippen molar-refractivity contribution in [3.8, 4) is 0 Å². The first-order valence-corrected chi connectivity index (χ1v) is 5.38. The molecule has 0 saturated carbocycles. The number of aromatic amines is 1. The molecule has 0 atom stereocenters. The van der Waals surface area contributed by atoms with E-state index in [1.54, 1.807) is 7.05 Å². The Morgan fingerprint density at radius 1 is 1.53 bits per heavy atom. The standard InChI is InChI=1S/C10H17N5O2/c1-7(2)4-11-8(16)5-15(3)10(17)9-12-6-13-14-9/h6-7H,4-5H2,1-3H3,(H,11,16)(H,12,13,14).